The second kappa shape index (κ2) is 9.99. The number of nitrogens with one attached hydrogen (secondary N) is 2. The summed E-state index contributed by atoms with van der Waals surface area (Å²) >= 11 is 0. The number of hydrogen-bond donors (Lipinski definition) is 2. The van der Waals surface area contributed by atoms with E-state index in [0.29, 0.717) is 11.4 Å². The lowest BCUT2D eigenvalue weighted by Crippen LogP contribution is -2.36. The molecule has 7 nitrogen and oxygen atoms in total. The molecule has 1 aliphatic heterocycles. The largest absolute Gasteiger partial charge is 0.378 e. The van der Waals surface area contributed by atoms with Gasteiger partial charge < -0.3 is 20.3 Å². The van der Waals surface area contributed by atoms with E-state index in [1.165, 1.54) is 24.3 Å². The number of morpholine rings is 1. The fourth-order valence-electron chi connectivity index (χ4n) is 3.06. The fraction of sp³-hybridized carbons (Fsp3) is 0.333. The third-order valence-electron chi connectivity index (χ3n) is 4.48. The van der Waals surface area contributed by atoms with Gasteiger partial charge in [0.25, 0.3) is 0 Å². The van der Waals surface area contributed by atoms with Crippen LogP contribution in [0.1, 0.15) is 0 Å². The number of likely N-dealkylation sites (N-methyl/N-ethyl adjacent to an activating group) is 1. The molecule has 0 unspecified atom stereocenters. The van der Waals surface area contributed by atoms with Gasteiger partial charge in [0.15, 0.2) is 0 Å². The lowest BCUT2D eigenvalue weighted by molar-refractivity contribution is -0.119. The Labute approximate surface area is 169 Å². The van der Waals surface area contributed by atoms with Crippen molar-refractivity contribution in [2.24, 2.45) is 0 Å². The normalized spacial score (nSPS) is 14.0. The zero-order chi connectivity index (χ0) is 20.6. The molecule has 1 aliphatic rings. The van der Waals surface area contributed by atoms with Gasteiger partial charge in [0.05, 0.1) is 26.3 Å². The highest BCUT2D eigenvalue weighted by molar-refractivity contribution is 5.94. The van der Waals surface area contributed by atoms with Gasteiger partial charge in [-0.15, -0.1) is 0 Å². The molecule has 2 N–H and O–H groups in total. The fourth-order valence-corrected chi connectivity index (χ4v) is 3.06. The highest BCUT2D eigenvalue weighted by atomic mass is 19.1. The lowest BCUT2D eigenvalue weighted by Gasteiger charge is -2.28. The predicted octanol–water partition coefficient (Wildman–Crippen LogP) is 2.17. The molecule has 2 aromatic rings. The van der Waals surface area contributed by atoms with Gasteiger partial charge in [-0.2, -0.15) is 0 Å². The molecule has 2 amide bonds. The number of ether oxygens (including phenoxy) is 1. The van der Waals surface area contributed by atoms with Crippen LogP contribution in [0.15, 0.2) is 48.5 Å². The second-order valence-corrected chi connectivity index (χ2v) is 6.92. The maximum absolute atomic E-state index is 12.9. The topological polar surface area (TPSA) is 73.9 Å². The number of anilines is 3. The summed E-state index contributed by atoms with van der Waals surface area (Å²) in [7, 11) is 1.69. The summed E-state index contributed by atoms with van der Waals surface area (Å²) in [5, 5.41) is 5.50. The van der Waals surface area contributed by atoms with E-state index in [9.17, 15) is 14.0 Å². The van der Waals surface area contributed by atoms with Crippen LogP contribution in [0.4, 0.5) is 21.5 Å². The smallest absolute Gasteiger partial charge is 0.238 e. The van der Waals surface area contributed by atoms with Crippen molar-refractivity contribution in [3.05, 3.63) is 54.3 Å². The average molecular weight is 400 g/mol. The van der Waals surface area contributed by atoms with Gasteiger partial charge in [-0.1, -0.05) is 0 Å². The van der Waals surface area contributed by atoms with Crippen molar-refractivity contribution in [2.75, 3.05) is 62.0 Å². The van der Waals surface area contributed by atoms with Crippen molar-refractivity contribution in [1.82, 2.24) is 4.90 Å². The molecular weight excluding hydrogens is 375 g/mol. The van der Waals surface area contributed by atoms with Crippen molar-refractivity contribution < 1.29 is 18.7 Å². The molecule has 0 spiro atoms. The van der Waals surface area contributed by atoms with E-state index < -0.39 is 0 Å². The highest BCUT2D eigenvalue weighted by Crippen LogP contribution is 2.19. The Balaban J connectivity index is 1.43. The summed E-state index contributed by atoms with van der Waals surface area (Å²) < 4.78 is 18.3. The van der Waals surface area contributed by atoms with Gasteiger partial charge in [-0.25, -0.2) is 4.39 Å². The maximum atomic E-state index is 12.9. The van der Waals surface area contributed by atoms with E-state index in [2.05, 4.69) is 15.5 Å². The number of amides is 2. The summed E-state index contributed by atoms with van der Waals surface area (Å²) in [6.07, 6.45) is 0. The van der Waals surface area contributed by atoms with Crippen LogP contribution in [0.2, 0.25) is 0 Å². The first-order valence-electron chi connectivity index (χ1n) is 9.46. The van der Waals surface area contributed by atoms with E-state index in [1.807, 2.05) is 24.3 Å². The minimum absolute atomic E-state index is 0.0424. The minimum Gasteiger partial charge on any atom is -0.378 e. The molecule has 8 heteroatoms. The molecular formula is C21H25FN4O3. The van der Waals surface area contributed by atoms with Crippen molar-refractivity contribution >= 4 is 28.9 Å². The van der Waals surface area contributed by atoms with Crippen molar-refractivity contribution in [2.45, 2.75) is 0 Å². The van der Waals surface area contributed by atoms with Crippen LogP contribution in [0.5, 0.6) is 0 Å². The molecule has 154 valence electrons. The van der Waals surface area contributed by atoms with E-state index in [0.717, 1.165) is 32.0 Å². The van der Waals surface area contributed by atoms with Gasteiger partial charge in [-0.3, -0.25) is 14.5 Å². The summed E-state index contributed by atoms with van der Waals surface area (Å²) in [6, 6.07) is 13.2. The predicted molar refractivity (Wildman–Crippen MR) is 111 cm³/mol. The van der Waals surface area contributed by atoms with Gasteiger partial charge in [0, 0.05) is 30.2 Å². The summed E-state index contributed by atoms with van der Waals surface area (Å²) in [5.74, 6) is -0.849. The zero-order valence-corrected chi connectivity index (χ0v) is 16.4. The average Bonchev–Trinajstić information content (AvgIpc) is 2.70. The van der Waals surface area contributed by atoms with Crippen molar-refractivity contribution in [1.29, 1.82) is 0 Å². The van der Waals surface area contributed by atoms with Gasteiger partial charge in [0.2, 0.25) is 11.8 Å². The van der Waals surface area contributed by atoms with Gasteiger partial charge >= 0.3 is 0 Å². The van der Waals surface area contributed by atoms with E-state index >= 15 is 0 Å². The molecule has 0 saturated carbocycles. The van der Waals surface area contributed by atoms with E-state index in [1.54, 1.807) is 11.9 Å². The zero-order valence-electron chi connectivity index (χ0n) is 16.4. The third-order valence-corrected chi connectivity index (χ3v) is 4.48. The molecule has 1 fully saturated rings. The molecule has 2 aromatic carbocycles. The third kappa shape index (κ3) is 6.55. The summed E-state index contributed by atoms with van der Waals surface area (Å²) in [4.78, 5) is 28.1. The van der Waals surface area contributed by atoms with Crippen LogP contribution in [0.25, 0.3) is 0 Å². The molecule has 1 saturated heterocycles. The standard InChI is InChI=1S/C21H25FN4O3/c1-25(14-20(27)23-17-4-2-16(22)3-5-17)15-21(28)24-18-6-8-19(9-7-18)26-10-12-29-13-11-26/h2-9H,10-15H2,1H3,(H,23,27)(H,24,28). The molecule has 1 heterocycles. The van der Waals surface area contributed by atoms with Crippen LogP contribution >= 0.6 is 0 Å². The number of hydrogen-bond acceptors (Lipinski definition) is 5. The Morgan fingerprint density at radius 1 is 0.931 bits per heavy atom. The first-order valence-corrected chi connectivity index (χ1v) is 9.46. The van der Waals surface area contributed by atoms with Crippen LogP contribution in [-0.2, 0) is 14.3 Å². The van der Waals surface area contributed by atoms with Crippen LogP contribution < -0.4 is 15.5 Å². The molecule has 0 bridgehead atoms. The Morgan fingerprint density at radius 2 is 1.41 bits per heavy atom. The first-order chi connectivity index (χ1) is 14.0. The van der Waals surface area contributed by atoms with Crippen LogP contribution in [0.3, 0.4) is 0 Å². The number of carbonyl (C=O) groups is 2. The van der Waals surface area contributed by atoms with Crippen LogP contribution in [-0.4, -0.2) is 63.2 Å². The van der Waals surface area contributed by atoms with Crippen LogP contribution in [0, 0.1) is 5.82 Å². The SMILES string of the molecule is CN(CC(=O)Nc1ccc(F)cc1)CC(=O)Nc1ccc(N2CCOCC2)cc1. The monoisotopic (exact) mass is 400 g/mol. The Bertz CT molecular complexity index is 821. The summed E-state index contributed by atoms with van der Waals surface area (Å²) in [5.41, 5.74) is 2.31. The number of carbonyl (C=O) groups excluding carboxylic acids is 2. The minimum atomic E-state index is -0.366. The highest BCUT2D eigenvalue weighted by Gasteiger charge is 2.13. The second-order valence-electron chi connectivity index (χ2n) is 6.92. The lowest BCUT2D eigenvalue weighted by atomic mass is 10.2. The Morgan fingerprint density at radius 3 is 1.93 bits per heavy atom. The molecule has 0 atom stereocenters. The van der Waals surface area contributed by atoms with Gasteiger partial charge in [0.1, 0.15) is 5.82 Å². The van der Waals surface area contributed by atoms with Gasteiger partial charge in [-0.05, 0) is 55.6 Å². The number of rotatable bonds is 7. The Kier molecular flexibility index (Phi) is 7.15. The van der Waals surface area contributed by atoms with Crippen molar-refractivity contribution in [3.63, 3.8) is 0 Å². The van der Waals surface area contributed by atoms with E-state index in [-0.39, 0.29) is 30.7 Å². The summed E-state index contributed by atoms with van der Waals surface area (Å²) in [6.45, 7) is 3.27. The number of nitrogens with zero attached hydrogens (tertiary/aromatic N) is 2. The Hall–Kier alpha value is -2.97. The molecule has 3 rings (SSSR count). The molecule has 0 aliphatic carbocycles. The van der Waals surface area contributed by atoms with Crippen molar-refractivity contribution in [3.8, 4) is 0 Å². The first kappa shape index (κ1) is 20.8. The molecule has 29 heavy (non-hydrogen) atoms. The van der Waals surface area contributed by atoms with E-state index in [4.69, 9.17) is 4.74 Å². The molecule has 0 aromatic heterocycles. The maximum Gasteiger partial charge on any atom is 0.238 e. The molecule has 0 radical (unpaired) electrons. The number of halogens is 1. The number of benzene rings is 2. The quantitative estimate of drug-likeness (QED) is 0.745.